The number of ether oxygens (including phenoxy) is 3. The topological polar surface area (TPSA) is 78.9 Å². The highest BCUT2D eigenvalue weighted by Gasteiger charge is 2.19. The lowest BCUT2D eigenvalue weighted by Crippen LogP contribution is -2.30. The number of esters is 3. The van der Waals surface area contributed by atoms with Crippen molar-refractivity contribution in [2.24, 2.45) is 0 Å². The molecule has 57 heavy (non-hydrogen) atoms. The Kier molecular flexibility index (Phi) is 43.5. The predicted octanol–water partition coefficient (Wildman–Crippen LogP) is 15.3. The van der Waals surface area contributed by atoms with E-state index >= 15 is 0 Å². The molecule has 0 heterocycles. The maximum atomic E-state index is 12.6. The van der Waals surface area contributed by atoms with Crippen LogP contribution in [0.1, 0.15) is 226 Å². The Morgan fingerprint density at radius 3 is 1.16 bits per heavy atom. The van der Waals surface area contributed by atoms with Gasteiger partial charge in [0.2, 0.25) is 0 Å². The third-order valence-corrected chi connectivity index (χ3v) is 9.99. The van der Waals surface area contributed by atoms with E-state index in [9.17, 15) is 14.4 Å². The van der Waals surface area contributed by atoms with E-state index in [1.165, 1.54) is 83.5 Å². The molecule has 328 valence electrons. The van der Waals surface area contributed by atoms with E-state index in [-0.39, 0.29) is 31.1 Å². The highest BCUT2D eigenvalue weighted by molar-refractivity contribution is 5.71. The number of hydrogen-bond acceptors (Lipinski definition) is 6. The number of unbranched alkanes of at least 4 members (excludes halogenated alkanes) is 21. The van der Waals surface area contributed by atoms with E-state index in [1.54, 1.807) is 0 Å². The van der Waals surface area contributed by atoms with Crippen molar-refractivity contribution in [1.82, 2.24) is 0 Å². The van der Waals surface area contributed by atoms with Crippen LogP contribution in [-0.2, 0) is 28.6 Å². The molecule has 0 aliphatic rings. The van der Waals surface area contributed by atoms with Crippen molar-refractivity contribution in [1.29, 1.82) is 0 Å². The van der Waals surface area contributed by atoms with Crippen LogP contribution in [-0.4, -0.2) is 37.2 Å². The average Bonchev–Trinajstić information content (AvgIpc) is 3.21. The fraction of sp³-hybridized carbons (Fsp3) is 0.745. The first-order chi connectivity index (χ1) is 28.0. The van der Waals surface area contributed by atoms with Crippen molar-refractivity contribution in [3.05, 3.63) is 60.8 Å². The highest BCUT2D eigenvalue weighted by atomic mass is 16.6. The summed E-state index contributed by atoms with van der Waals surface area (Å²) in [7, 11) is 0. The fourth-order valence-corrected chi connectivity index (χ4v) is 6.43. The van der Waals surface area contributed by atoms with Crippen LogP contribution in [0.5, 0.6) is 0 Å². The van der Waals surface area contributed by atoms with Crippen molar-refractivity contribution in [2.75, 3.05) is 13.2 Å². The normalized spacial score (nSPS) is 12.5. The van der Waals surface area contributed by atoms with E-state index < -0.39 is 6.10 Å². The molecule has 1 atom stereocenters. The first kappa shape index (κ1) is 54.1. The SMILES string of the molecule is CC/C=C\C/C=C\C/C=C\C/C=C\CCCCCCCCCCCCC(=O)OCC(COC(=O)CCCCCCCC)OC(=O)CCCCCCC/C=C\CCC. The molecular formula is C51H88O6. The number of carbonyl (C=O) groups excluding carboxylic acids is 3. The summed E-state index contributed by atoms with van der Waals surface area (Å²) < 4.78 is 16.6. The summed E-state index contributed by atoms with van der Waals surface area (Å²) in [6, 6.07) is 0. The maximum absolute atomic E-state index is 12.6. The third kappa shape index (κ3) is 44.1. The first-order valence-electron chi connectivity index (χ1n) is 23.8. The minimum absolute atomic E-state index is 0.0788. The second-order valence-electron chi connectivity index (χ2n) is 15.6. The zero-order valence-electron chi connectivity index (χ0n) is 37.3. The Hall–Kier alpha value is -2.89. The van der Waals surface area contributed by atoms with Gasteiger partial charge in [0.05, 0.1) is 0 Å². The number of carbonyl (C=O) groups is 3. The molecule has 0 bridgehead atoms. The van der Waals surface area contributed by atoms with Gasteiger partial charge in [-0.15, -0.1) is 0 Å². The van der Waals surface area contributed by atoms with Crippen molar-refractivity contribution in [2.45, 2.75) is 232 Å². The molecule has 6 heteroatoms. The van der Waals surface area contributed by atoms with Crippen molar-refractivity contribution in [3.63, 3.8) is 0 Å². The van der Waals surface area contributed by atoms with Crippen LogP contribution in [0.25, 0.3) is 0 Å². The van der Waals surface area contributed by atoms with Gasteiger partial charge in [-0.25, -0.2) is 0 Å². The van der Waals surface area contributed by atoms with E-state index in [0.29, 0.717) is 19.3 Å². The van der Waals surface area contributed by atoms with Gasteiger partial charge in [-0.05, 0) is 77.0 Å². The van der Waals surface area contributed by atoms with Gasteiger partial charge in [0.25, 0.3) is 0 Å². The molecule has 0 aromatic rings. The lowest BCUT2D eigenvalue weighted by molar-refractivity contribution is -0.167. The van der Waals surface area contributed by atoms with E-state index in [0.717, 1.165) is 103 Å². The molecule has 1 unspecified atom stereocenters. The molecule has 0 aliphatic carbocycles. The summed E-state index contributed by atoms with van der Waals surface area (Å²) in [6.07, 6.45) is 55.2. The Morgan fingerprint density at radius 2 is 0.719 bits per heavy atom. The number of rotatable bonds is 42. The van der Waals surface area contributed by atoms with Gasteiger partial charge in [0.15, 0.2) is 6.10 Å². The van der Waals surface area contributed by atoms with Gasteiger partial charge < -0.3 is 14.2 Å². The summed E-state index contributed by atoms with van der Waals surface area (Å²) in [6.45, 7) is 6.38. The highest BCUT2D eigenvalue weighted by Crippen LogP contribution is 2.14. The lowest BCUT2D eigenvalue weighted by Gasteiger charge is -2.18. The third-order valence-electron chi connectivity index (χ3n) is 9.99. The molecule has 0 aliphatic heterocycles. The van der Waals surface area contributed by atoms with Crippen LogP contribution >= 0.6 is 0 Å². The second-order valence-corrected chi connectivity index (χ2v) is 15.6. The van der Waals surface area contributed by atoms with Crippen LogP contribution < -0.4 is 0 Å². The predicted molar refractivity (Wildman–Crippen MR) is 242 cm³/mol. The minimum Gasteiger partial charge on any atom is -0.462 e. The van der Waals surface area contributed by atoms with Crippen molar-refractivity contribution < 1.29 is 28.6 Å². The first-order valence-corrected chi connectivity index (χ1v) is 23.8. The molecule has 6 nitrogen and oxygen atoms in total. The summed E-state index contributed by atoms with van der Waals surface area (Å²) in [4.78, 5) is 37.5. The molecule has 0 spiro atoms. The smallest absolute Gasteiger partial charge is 0.306 e. The monoisotopic (exact) mass is 797 g/mol. The summed E-state index contributed by atoms with van der Waals surface area (Å²) in [5.41, 5.74) is 0. The minimum atomic E-state index is -0.773. The van der Waals surface area contributed by atoms with Crippen LogP contribution in [0.3, 0.4) is 0 Å². The van der Waals surface area contributed by atoms with E-state index in [2.05, 4.69) is 81.5 Å². The Balaban J connectivity index is 4.13. The Bertz CT molecular complexity index is 1050. The van der Waals surface area contributed by atoms with Crippen LogP contribution in [0, 0.1) is 0 Å². The zero-order chi connectivity index (χ0) is 41.5. The van der Waals surface area contributed by atoms with Gasteiger partial charge in [-0.3, -0.25) is 14.4 Å². The van der Waals surface area contributed by atoms with E-state index in [4.69, 9.17) is 14.2 Å². The Labute approximate surface area is 351 Å². The van der Waals surface area contributed by atoms with Crippen LogP contribution in [0.2, 0.25) is 0 Å². The zero-order valence-corrected chi connectivity index (χ0v) is 37.3. The van der Waals surface area contributed by atoms with Crippen LogP contribution in [0.4, 0.5) is 0 Å². The van der Waals surface area contributed by atoms with Crippen molar-refractivity contribution in [3.8, 4) is 0 Å². The Morgan fingerprint density at radius 1 is 0.368 bits per heavy atom. The van der Waals surface area contributed by atoms with E-state index in [1.807, 2.05) is 0 Å². The average molecular weight is 797 g/mol. The second kappa shape index (κ2) is 45.8. The maximum Gasteiger partial charge on any atom is 0.306 e. The van der Waals surface area contributed by atoms with Gasteiger partial charge in [0.1, 0.15) is 13.2 Å². The molecule has 0 saturated carbocycles. The van der Waals surface area contributed by atoms with Gasteiger partial charge in [-0.1, -0.05) is 191 Å². The number of allylic oxidation sites excluding steroid dienone is 10. The van der Waals surface area contributed by atoms with Crippen LogP contribution in [0.15, 0.2) is 60.8 Å². The molecule has 0 radical (unpaired) electrons. The largest absolute Gasteiger partial charge is 0.462 e. The summed E-state index contributed by atoms with van der Waals surface area (Å²) >= 11 is 0. The molecule has 0 aromatic heterocycles. The summed E-state index contributed by atoms with van der Waals surface area (Å²) in [5.74, 6) is -0.906. The summed E-state index contributed by atoms with van der Waals surface area (Å²) in [5, 5.41) is 0. The molecule has 0 amide bonds. The molecule has 0 saturated heterocycles. The quantitative estimate of drug-likeness (QED) is 0.0265. The van der Waals surface area contributed by atoms with Crippen molar-refractivity contribution >= 4 is 17.9 Å². The molecular weight excluding hydrogens is 709 g/mol. The number of hydrogen-bond donors (Lipinski definition) is 0. The van der Waals surface area contributed by atoms with Gasteiger partial charge >= 0.3 is 17.9 Å². The molecule has 0 rings (SSSR count). The van der Waals surface area contributed by atoms with Gasteiger partial charge in [-0.2, -0.15) is 0 Å². The molecule has 0 fully saturated rings. The lowest BCUT2D eigenvalue weighted by atomic mass is 10.1. The standard InChI is InChI=1S/C51H88O6/c1-4-7-10-13-16-18-20-21-22-23-24-25-26-27-28-29-30-31-32-34-35-38-41-44-50(53)56-47-48(46-55-49(52)43-40-37-15-12-9-6-3)57-51(54)45-42-39-36-33-19-17-14-11-8-5-2/h7,10-11,14,16,18,21-22,24-25,48H,4-6,8-9,12-13,15,17,19-20,23,26-47H2,1-3H3/b10-7-,14-11-,18-16-,22-21-,25-24-. The molecule has 0 N–H and O–H groups in total. The molecule has 0 aromatic carbocycles. The fourth-order valence-electron chi connectivity index (χ4n) is 6.43. The van der Waals surface area contributed by atoms with Gasteiger partial charge in [0, 0.05) is 19.3 Å².